The molecule has 2 aromatic rings. The van der Waals surface area contributed by atoms with Gasteiger partial charge in [-0.2, -0.15) is 0 Å². The van der Waals surface area contributed by atoms with Crippen molar-refractivity contribution in [2.75, 3.05) is 0 Å². The Morgan fingerprint density at radius 2 is 2.00 bits per heavy atom. The Hall–Kier alpha value is -2.02. The molecule has 0 N–H and O–H groups in total. The summed E-state index contributed by atoms with van der Waals surface area (Å²) in [7, 11) is -4.00. The maximum Gasteiger partial charge on any atom is 0.288 e. The summed E-state index contributed by atoms with van der Waals surface area (Å²) in [4.78, 5) is 15.9. The lowest BCUT2D eigenvalue weighted by Crippen LogP contribution is -2.28. The third-order valence-electron chi connectivity index (χ3n) is 3.23. The lowest BCUT2D eigenvalue weighted by molar-refractivity contribution is 0.567. The molecule has 1 aromatic heterocycles. The molecule has 0 unspecified atom stereocenters. The van der Waals surface area contributed by atoms with Crippen LogP contribution in [-0.2, 0) is 22.1 Å². The Kier molecular flexibility index (Phi) is 5.07. The normalized spacial score (nSPS) is 11.5. The number of hydrogen-bond donors (Lipinski definition) is 0. The largest absolute Gasteiger partial charge is 0.312 e. The number of unbranched alkanes of at least 4 members (excludes halogenated alkanes) is 1. The summed E-state index contributed by atoms with van der Waals surface area (Å²) in [5.41, 5.74) is -0.639. The Balaban J connectivity index is 2.38. The van der Waals surface area contributed by atoms with Gasteiger partial charge >= 0.3 is 0 Å². The summed E-state index contributed by atoms with van der Waals surface area (Å²) in [5, 5.41) is -0.533. The van der Waals surface area contributed by atoms with Crippen molar-refractivity contribution >= 4 is 9.84 Å². The summed E-state index contributed by atoms with van der Waals surface area (Å²) < 4.78 is 39.7. The van der Waals surface area contributed by atoms with Crippen LogP contribution in [0.4, 0.5) is 4.39 Å². The summed E-state index contributed by atoms with van der Waals surface area (Å²) >= 11 is 0. The van der Waals surface area contributed by atoms with Crippen molar-refractivity contribution < 1.29 is 12.8 Å². The maximum absolute atomic E-state index is 13.6. The fourth-order valence-electron chi connectivity index (χ4n) is 2.03. The molecular formula is C15H17FN2O3S. The highest BCUT2D eigenvalue weighted by molar-refractivity contribution is 7.90. The fourth-order valence-corrected chi connectivity index (χ4v) is 3.42. The highest BCUT2D eigenvalue weighted by Crippen LogP contribution is 2.14. The molecule has 0 bridgehead atoms. The van der Waals surface area contributed by atoms with Crippen LogP contribution in [0.1, 0.15) is 25.3 Å². The predicted octanol–water partition coefficient (Wildman–Crippen LogP) is 2.16. The van der Waals surface area contributed by atoms with Gasteiger partial charge in [0, 0.05) is 24.5 Å². The Morgan fingerprint density at radius 3 is 2.68 bits per heavy atom. The molecule has 5 nitrogen and oxygen atoms in total. The third-order valence-corrected chi connectivity index (χ3v) is 4.79. The summed E-state index contributed by atoms with van der Waals surface area (Å²) in [6.07, 6.45) is 4.38. The molecule has 2 rings (SSSR count). The molecule has 118 valence electrons. The first-order chi connectivity index (χ1) is 10.5. The van der Waals surface area contributed by atoms with Crippen molar-refractivity contribution in [3.05, 3.63) is 58.4 Å². The fraction of sp³-hybridized carbons (Fsp3) is 0.333. The number of aryl methyl sites for hydroxylation is 1. The standard InChI is InChI=1S/C15H17FN2O3S/c1-2-3-9-18-10-8-17-14(15(18)19)22(20,21)11-12-6-4-5-7-13(12)16/h4-8,10H,2-3,9,11H2,1H3. The van der Waals surface area contributed by atoms with Crippen molar-refractivity contribution in [1.82, 2.24) is 9.55 Å². The van der Waals surface area contributed by atoms with Gasteiger partial charge in [0.1, 0.15) is 5.82 Å². The maximum atomic E-state index is 13.6. The number of halogens is 1. The average Bonchev–Trinajstić information content (AvgIpc) is 2.48. The van der Waals surface area contributed by atoms with Crippen LogP contribution < -0.4 is 5.56 Å². The molecule has 0 saturated heterocycles. The number of aromatic nitrogens is 2. The molecule has 0 atom stereocenters. The smallest absolute Gasteiger partial charge is 0.288 e. The van der Waals surface area contributed by atoms with E-state index in [2.05, 4.69) is 4.98 Å². The minimum absolute atomic E-state index is 0.0210. The van der Waals surface area contributed by atoms with Gasteiger partial charge in [0.15, 0.2) is 0 Å². The van der Waals surface area contributed by atoms with Crippen LogP contribution in [0.15, 0.2) is 46.5 Å². The molecule has 0 aliphatic carbocycles. The molecule has 1 aromatic carbocycles. The third kappa shape index (κ3) is 3.59. The molecule has 1 heterocycles. The lowest BCUT2D eigenvalue weighted by atomic mass is 10.2. The Bertz CT molecular complexity index is 816. The van der Waals surface area contributed by atoms with Crippen LogP contribution >= 0.6 is 0 Å². The van der Waals surface area contributed by atoms with Crippen molar-refractivity contribution in [3.8, 4) is 0 Å². The van der Waals surface area contributed by atoms with E-state index >= 15 is 0 Å². The van der Waals surface area contributed by atoms with Crippen molar-refractivity contribution in [2.45, 2.75) is 37.1 Å². The van der Waals surface area contributed by atoms with Crippen molar-refractivity contribution in [2.24, 2.45) is 0 Å². The predicted molar refractivity (Wildman–Crippen MR) is 80.7 cm³/mol. The first-order valence-corrected chi connectivity index (χ1v) is 8.62. The van der Waals surface area contributed by atoms with E-state index in [0.717, 1.165) is 12.8 Å². The molecule has 0 radical (unpaired) electrons. The van der Waals surface area contributed by atoms with Gasteiger partial charge in [0.2, 0.25) is 14.9 Å². The van der Waals surface area contributed by atoms with Gasteiger partial charge in [0.25, 0.3) is 5.56 Å². The molecule has 0 amide bonds. The van der Waals surface area contributed by atoms with Gasteiger partial charge in [-0.1, -0.05) is 31.5 Å². The quantitative estimate of drug-likeness (QED) is 0.816. The molecule has 0 fully saturated rings. The molecule has 22 heavy (non-hydrogen) atoms. The van der Waals surface area contributed by atoms with Crippen LogP contribution in [0.25, 0.3) is 0 Å². The van der Waals surface area contributed by atoms with Gasteiger partial charge in [-0.25, -0.2) is 17.8 Å². The lowest BCUT2D eigenvalue weighted by Gasteiger charge is -2.08. The van der Waals surface area contributed by atoms with E-state index in [-0.39, 0.29) is 5.56 Å². The SMILES string of the molecule is CCCCn1ccnc(S(=O)(=O)Cc2ccccc2F)c1=O. The van der Waals surface area contributed by atoms with E-state index in [1.807, 2.05) is 6.92 Å². The van der Waals surface area contributed by atoms with Crippen LogP contribution in [0.3, 0.4) is 0 Å². The molecule has 0 aliphatic heterocycles. The zero-order valence-electron chi connectivity index (χ0n) is 12.2. The zero-order chi connectivity index (χ0) is 16.2. The minimum Gasteiger partial charge on any atom is -0.312 e. The van der Waals surface area contributed by atoms with Gasteiger partial charge in [-0.3, -0.25) is 4.79 Å². The van der Waals surface area contributed by atoms with Gasteiger partial charge in [-0.15, -0.1) is 0 Å². The highest BCUT2D eigenvalue weighted by Gasteiger charge is 2.23. The van der Waals surface area contributed by atoms with E-state index in [9.17, 15) is 17.6 Å². The van der Waals surface area contributed by atoms with Crippen LogP contribution in [0, 0.1) is 5.82 Å². The van der Waals surface area contributed by atoms with Crippen molar-refractivity contribution in [1.29, 1.82) is 0 Å². The number of sulfone groups is 1. The monoisotopic (exact) mass is 324 g/mol. The number of nitrogens with zero attached hydrogens (tertiary/aromatic N) is 2. The van der Waals surface area contributed by atoms with Crippen LogP contribution in [0.5, 0.6) is 0 Å². The van der Waals surface area contributed by atoms with Crippen LogP contribution in [0.2, 0.25) is 0 Å². The number of rotatable bonds is 6. The van der Waals surface area contributed by atoms with Gasteiger partial charge in [0.05, 0.1) is 5.75 Å². The topological polar surface area (TPSA) is 69.0 Å². The van der Waals surface area contributed by atoms with Gasteiger partial charge < -0.3 is 4.57 Å². The van der Waals surface area contributed by atoms with E-state index in [4.69, 9.17) is 0 Å². The first-order valence-electron chi connectivity index (χ1n) is 6.97. The molecule has 7 heteroatoms. The number of hydrogen-bond acceptors (Lipinski definition) is 4. The average molecular weight is 324 g/mol. The van der Waals surface area contributed by atoms with Crippen LogP contribution in [-0.4, -0.2) is 18.0 Å². The number of benzene rings is 1. The highest BCUT2D eigenvalue weighted by atomic mass is 32.2. The molecular weight excluding hydrogens is 307 g/mol. The second-order valence-electron chi connectivity index (χ2n) is 4.93. The van der Waals surface area contributed by atoms with Crippen molar-refractivity contribution in [3.63, 3.8) is 0 Å². The Labute approximate surface area is 128 Å². The zero-order valence-corrected chi connectivity index (χ0v) is 13.0. The minimum atomic E-state index is -4.00. The van der Waals surface area contributed by atoms with Gasteiger partial charge in [-0.05, 0) is 12.5 Å². The summed E-state index contributed by atoms with van der Waals surface area (Å²) in [6, 6.07) is 5.59. The summed E-state index contributed by atoms with van der Waals surface area (Å²) in [6.45, 7) is 2.40. The molecule has 0 aliphatic rings. The van der Waals surface area contributed by atoms with E-state index in [0.29, 0.717) is 6.54 Å². The first kappa shape index (κ1) is 16.4. The van der Waals surface area contributed by atoms with E-state index in [1.165, 1.54) is 35.2 Å². The van der Waals surface area contributed by atoms with E-state index in [1.54, 1.807) is 6.07 Å². The Morgan fingerprint density at radius 1 is 1.27 bits per heavy atom. The molecule has 0 spiro atoms. The van der Waals surface area contributed by atoms with E-state index < -0.39 is 32.0 Å². The second-order valence-corrected chi connectivity index (χ2v) is 6.84. The second kappa shape index (κ2) is 6.83. The summed E-state index contributed by atoms with van der Waals surface area (Å²) in [5.74, 6) is -1.20. The molecule has 0 saturated carbocycles.